The van der Waals surface area contributed by atoms with Crippen LogP contribution in [0.2, 0.25) is 0 Å². The van der Waals surface area contributed by atoms with Gasteiger partial charge < -0.3 is 29.5 Å². The summed E-state index contributed by atoms with van der Waals surface area (Å²) < 4.78 is 12.1. The Bertz CT molecular complexity index is 1390. The van der Waals surface area contributed by atoms with Crippen LogP contribution in [-0.4, -0.2) is 32.4 Å². The number of ether oxygens (including phenoxy) is 1. The molecule has 32 heavy (non-hydrogen) atoms. The Hall–Kier alpha value is -3.24. The van der Waals surface area contributed by atoms with E-state index in [1.165, 1.54) is 25.3 Å². The molecule has 2 heterocycles. The lowest BCUT2D eigenvalue weighted by atomic mass is 10.1. The van der Waals surface area contributed by atoms with Crippen LogP contribution < -0.4 is 10.2 Å². The molecule has 0 radical (unpaired) electrons. The fraction of sp³-hybridized carbons (Fsp3) is 0.0909. The molecule has 0 saturated carbocycles. The van der Waals surface area contributed by atoms with Crippen molar-refractivity contribution in [3.05, 3.63) is 61.3 Å². The number of halogens is 2. The number of methoxy groups -OCH3 is 1. The largest absolute Gasteiger partial charge is 0.507 e. The van der Waals surface area contributed by atoms with E-state index in [0.717, 1.165) is 0 Å². The standard InChI is InChI=1S/C22H16Br2N2O6/c1-9-5-15(29)20(30)21(32-9)19-18(10-3-4-13(27)16(6-10)31-2)25-22(26-19)17-12(24)7-11(23)8-14(17)28/h3-8,27-28,30H,1-2H3,(H,25,26). The Balaban J connectivity index is 2.04. The quantitative estimate of drug-likeness (QED) is 0.264. The van der Waals surface area contributed by atoms with E-state index in [1.54, 1.807) is 25.1 Å². The molecule has 0 amide bonds. The number of aryl methyl sites for hydroxylation is 1. The van der Waals surface area contributed by atoms with Gasteiger partial charge >= 0.3 is 0 Å². The normalized spacial score (nSPS) is 11.0. The number of aromatic hydroxyl groups is 3. The van der Waals surface area contributed by atoms with Crippen LogP contribution in [0.25, 0.3) is 34.1 Å². The molecule has 0 aliphatic carbocycles. The highest BCUT2D eigenvalue weighted by atomic mass is 79.9. The molecule has 0 aliphatic rings. The van der Waals surface area contributed by atoms with E-state index in [-0.39, 0.29) is 34.5 Å². The van der Waals surface area contributed by atoms with Crippen LogP contribution >= 0.6 is 31.9 Å². The van der Waals surface area contributed by atoms with Gasteiger partial charge in [0, 0.05) is 20.6 Å². The molecule has 10 heteroatoms. The monoisotopic (exact) mass is 562 g/mol. The summed E-state index contributed by atoms with van der Waals surface area (Å²) in [7, 11) is 1.41. The molecule has 0 aliphatic heterocycles. The minimum atomic E-state index is -0.609. The fourth-order valence-corrected chi connectivity index (χ4v) is 4.65. The summed E-state index contributed by atoms with van der Waals surface area (Å²) in [4.78, 5) is 19.9. The van der Waals surface area contributed by atoms with Gasteiger partial charge in [-0.1, -0.05) is 15.9 Å². The highest BCUT2D eigenvalue weighted by molar-refractivity contribution is 9.11. The van der Waals surface area contributed by atoms with Gasteiger partial charge in [0.2, 0.25) is 11.2 Å². The van der Waals surface area contributed by atoms with Crippen LogP contribution in [0.3, 0.4) is 0 Å². The van der Waals surface area contributed by atoms with E-state index in [1.807, 2.05) is 0 Å². The van der Waals surface area contributed by atoms with Gasteiger partial charge in [0.1, 0.15) is 28.7 Å². The van der Waals surface area contributed by atoms with Crippen molar-refractivity contribution in [3.8, 4) is 57.1 Å². The third-order valence-corrected chi connectivity index (χ3v) is 5.78. The van der Waals surface area contributed by atoms with E-state index < -0.39 is 11.2 Å². The molecule has 4 N–H and O–H groups in total. The van der Waals surface area contributed by atoms with Crippen molar-refractivity contribution in [3.63, 3.8) is 0 Å². The first kappa shape index (κ1) is 22.0. The van der Waals surface area contributed by atoms with Crippen LogP contribution in [0, 0.1) is 6.92 Å². The van der Waals surface area contributed by atoms with E-state index >= 15 is 0 Å². The minimum Gasteiger partial charge on any atom is -0.507 e. The Labute approximate surface area is 198 Å². The molecule has 0 bridgehead atoms. The molecule has 164 valence electrons. The van der Waals surface area contributed by atoms with Crippen LogP contribution in [0.5, 0.6) is 23.0 Å². The van der Waals surface area contributed by atoms with Crippen LogP contribution in [-0.2, 0) is 0 Å². The van der Waals surface area contributed by atoms with Gasteiger partial charge in [-0.2, -0.15) is 0 Å². The summed E-state index contributed by atoms with van der Waals surface area (Å²) >= 11 is 6.75. The SMILES string of the molecule is COc1cc(-c2nc(-c3c(O)cc(Br)cc3Br)[nH]c2-c2oc(C)cc(=O)c2O)ccc1O. The topological polar surface area (TPSA) is 129 Å². The van der Waals surface area contributed by atoms with Crippen molar-refractivity contribution in [2.45, 2.75) is 6.92 Å². The maximum absolute atomic E-state index is 12.2. The second-order valence-electron chi connectivity index (χ2n) is 6.88. The summed E-state index contributed by atoms with van der Waals surface area (Å²) in [5.74, 6) is -0.0626. The number of phenols is 2. The fourth-order valence-electron chi connectivity index (χ4n) is 3.26. The lowest BCUT2D eigenvalue weighted by Crippen LogP contribution is -2.01. The van der Waals surface area contributed by atoms with Crippen molar-refractivity contribution >= 4 is 31.9 Å². The number of hydrogen-bond donors (Lipinski definition) is 4. The zero-order chi connectivity index (χ0) is 23.2. The number of aromatic nitrogens is 2. The lowest BCUT2D eigenvalue weighted by molar-refractivity contribution is 0.373. The first-order valence-corrected chi connectivity index (χ1v) is 10.8. The van der Waals surface area contributed by atoms with Crippen molar-refractivity contribution < 1.29 is 24.5 Å². The molecule has 0 atom stereocenters. The molecule has 2 aromatic carbocycles. The second-order valence-corrected chi connectivity index (χ2v) is 8.65. The van der Waals surface area contributed by atoms with E-state index in [0.29, 0.717) is 31.5 Å². The van der Waals surface area contributed by atoms with Gasteiger partial charge in [0.15, 0.2) is 17.3 Å². The van der Waals surface area contributed by atoms with Crippen molar-refractivity contribution in [2.24, 2.45) is 0 Å². The van der Waals surface area contributed by atoms with Gasteiger partial charge in [-0.3, -0.25) is 4.79 Å². The average Bonchev–Trinajstić information content (AvgIpc) is 3.14. The summed E-state index contributed by atoms with van der Waals surface area (Å²) in [6.45, 7) is 1.59. The zero-order valence-corrected chi connectivity index (χ0v) is 19.9. The lowest BCUT2D eigenvalue weighted by Gasteiger charge is -2.08. The van der Waals surface area contributed by atoms with Crippen molar-refractivity contribution in [1.82, 2.24) is 9.97 Å². The molecular weight excluding hydrogens is 548 g/mol. The number of aromatic amines is 1. The molecule has 4 rings (SSSR count). The van der Waals surface area contributed by atoms with E-state index in [9.17, 15) is 20.1 Å². The van der Waals surface area contributed by atoms with Gasteiger partial charge in [-0.15, -0.1) is 0 Å². The van der Waals surface area contributed by atoms with Crippen molar-refractivity contribution in [1.29, 1.82) is 0 Å². The summed E-state index contributed by atoms with van der Waals surface area (Å²) in [5, 5.41) is 30.9. The molecule has 8 nitrogen and oxygen atoms in total. The highest BCUT2D eigenvalue weighted by Crippen LogP contribution is 2.43. The molecule has 0 saturated heterocycles. The second kappa shape index (κ2) is 8.36. The number of imidazole rings is 1. The van der Waals surface area contributed by atoms with Crippen LogP contribution in [0.4, 0.5) is 0 Å². The third-order valence-electron chi connectivity index (χ3n) is 4.70. The van der Waals surface area contributed by atoms with Gasteiger partial charge in [0.05, 0.1) is 12.7 Å². The molecule has 4 aromatic rings. The van der Waals surface area contributed by atoms with Gasteiger partial charge in [0.25, 0.3) is 0 Å². The van der Waals surface area contributed by atoms with Crippen LogP contribution in [0.15, 0.2) is 54.6 Å². The number of nitrogens with zero attached hydrogens (tertiary/aromatic N) is 1. The Morgan fingerprint density at radius 3 is 2.50 bits per heavy atom. The maximum atomic E-state index is 12.2. The summed E-state index contributed by atoms with van der Waals surface area (Å²) in [5.41, 5.74) is 0.771. The smallest absolute Gasteiger partial charge is 0.227 e. The highest BCUT2D eigenvalue weighted by Gasteiger charge is 2.24. The number of benzene rings is 2. The predicted octanol–water partition coefficient (Wildman–Crippen LogP) is 5.32. The first-order chi connectivity index (χ1) is 15.2. The molecule has 0 unspecified atom stereocenters. The Morgan fingerprint density at radius 2 is 1.81 bits per heavy atom. The third kappa shape index (κ3) is 3.87. The number of hydrogen-bond acceptors (Lipinski definition) is 7. The number of phenolic OH excluding ortho intramolecular Hbond substituents is 2. The molecule has 2 aromatic heterocycles. The summed E-state index contributed by atoms with van der Waals surface area (Å²) in [6, 6.07) is 9.02. The maximum Gasteiger partial charge on any atom is 0.227 e. The Morgan fingerprint density at radius 1 is 1.06 bits per heavy atom. The van der Waals surface area contributed by atoms with E-state index in [4.69, 9.17) is 9.15 Å². The Kier molecular flexibility index (Phi) is 5.74. The predicted molar refractivity (Wildman–Crippen MR) is 125 cm³/mol. The number of rotatable bonds is 4. The summed E-state index contributed by atoms with van der Waals surface area (Å²) in [6.07, 6.45) is 0. The van der Waals surface area contributed by atoms with E-state index in [2.05, 4.69) is 41.8 Å². The van der Waals surface area contributed by atoms with Crippen LogP contribution in [0.1, 0.15) is 5.76 Å². The first-order valence-electron chi connectivity index (χ1n) is 9.19. The average molecular weight is 564 g/mol. The number of H-pyrrole nitrogens is 1. The zero-order valence-electron chi connectivity index (χ0n) is 16.7. The van der Waals surface area contributed by atoms with Crippen molar-refractivity contribution in [2.75, 3.05) is 7.11 Å². The van der Waals surface area contributed by atoms with Gasteiger partial charge in [-0.05, 0) is 53.2 Å². The minimum absolute atomic E-state index is 0.0590. The molecule has 0 spiro atoms. The molecular formula is C22H16Br2N2O6. The molecule has 0 fully saturated rings. The number of nitrogens with one attached hydrogen (secondary N) is 1. The van der Waals surface area contributed by atoms with Gasteiger partial charge in [-0.25, -0.2) is 4.98 Å².